The summed E-state index contributed by atoms with van der Waals surface area (Å²) < 4.78 is 18.6. The highest BCUT2D eigenvalue weighted by molar-refractivity contribution is 5.93. The number of nitrogen functional groups attached to an aromatic ring is 1. The van der Waals surface area contributed by atoms with Crippen LogP contribution in [-0.4, -0.2) is 15.8 Å². The fourth-order valence-corrected chi connectivity index (χ4v) is 1.35. The summed E-state index contributed by atoms with van der Waals surface area (Å²) in [5, 5.41) is 7.31. The lowest BCUT2D eigenvalue weighted by atomic mass is 10.3. The molecule has 0 amide bonds. The van der Waals surface area contributed by atoms with Crippen molar-refractivity contribution in [2.45, 2.75) is 6.92 Å². The SMILES string of the molecule is Cc1cc(C(=N)N)nc(Oc2ccccc2F)n1. The number of amidine groups is 1. The number of halogens is 1. The molecular formula is C12H11FN4O. The highest BCUT2D eigenvalue weighted by Gasteiger charge is 2.09. The van der Waals surface area contributed by atoms with Gasteiger partial charge in [0.05, 0.1) is 0 Å². The zero-order valence-corrected chi connectivity index (χ0v) is 9.64. The predicted molar refractivity (Wildman–Crippen MR) is 64.3 cm³/mol. The standard InChI is InChI=1S/C12H11FN4O/c1-7-6-9(11(14)15)17-12(16-7)18-10-5-3-2-4-8(10)13/h2-6H,1H3,(H3,14,15). The summed E-state index contributed by atoms with van der Waals surface area (Å²) in [6.45, 7) is 1.71. The number of para-hydroxylation sites is 1. The van der Waals surface area contributed by atoms with Gasteiger partial charge in [-0.25, -0.2) is 9.37 Å². The van der Waals surface area contributed by atoms with Gasteiger partial charge in [-0.2, -0.15) is 4.98 Å². The van der Waals surface area contributed by atoms with Crippen molar-refractivity contribution < 1.29 is 9.13 Å². The average Bonchev–Trinajstić information content (AvgIpc) is 2.31. The fraction of sp³-hybridized carbons (Fsp3) is 0.0833. The first-order valence-electron chi connectivity index (χ1n) is 5.19. The maximum Gasteiger partial charge on any atom is 0.322 e. The van der Waals surface area contributed by atoms with Crippen LogP contribution in [0.2, 0.25) is 0 Å². The van der Waals surface area contributed by atoms with E-state index in [0.717, 1.165) is 0 Å². The third-order valence-electron chi connectivity index (χ3n) is 2.15. The molecule has 2 rings (SSSR count). The van der Waals surface area contributed by atoms with E-state index in [1.165, 1.54) is 12.1 Å². The molecule has 1 aromatic heterocycles. The van der Waals surface area contributed by atoms with Gasteiger partial charge in [0.2, 0.25) is 0 Å². The molecule has 0 unspecified atom stereocenters. The highest BCUT2D eigenvalue weighted by atomic mass is 19.1. The third kappa shape index (κ3) is 2.60. The van der Waals surface area contributed by atoms with Crippen molar-refractivity contribution in [2.24, 2.45) is 5.73 Å². The molecule has 2 aromatic rings. The molecule has 1 heterocycles. The molecule has 0 aliphatic rings. The molecule has 1 aromatic carbocycles. The lowest BCUT2D eigenvalue weighted by Gasteiger charge is -2.06. The van der Waals surface area contributed by atoms with Crippen LogP contribution in [0.1, 0.15) is 11.4 Å². The first kappa shape index (κ1) is 12.0. The molecule has 0 atom stereocenters. The molecule has 6 heteroatoms. The third-order valence-corrected chi connectivity index (χ3v) is 2.15. The van der Waals surface area contributed by atoms with Crippen molar-refractivity contribution in [2.75, 3.05) is 0 Å². The maximum atomic E-state index is 13.4. The monoisotopic (exact) mass is 246 g/mol. The molecule has 0 aliphatic carbocycles. The Morgan fingerprint density at radius 2 is 2.06 bits per heavy atom. The second-order valence-corrected chi connectivity index (χ2v) is 3.62. The van der Waals surface area contributed by atoms with Gasteiger partial charge >= 0.3 is 6.01 Å². The fourth-order valence-electron chi connectivity index (χ4n) is 1.35. The topological polar surface area (TPSA) is 84.9 Å². The minimum Gasteiger partial charge on any atom is -0.421 e. The number of nitrogens with zero attached hydrogens (tertiary/aromatic N) is 2. The second kappa shape index (κ2) is 4.79. The van der Waals surface area contributed by atoms with Crippen molar-refractivity contribution in [3.8, 4) is 11.8 Å². The molecule has 0 spiro atoms. The Hall–Kier alpha value is -2.50. The highest BCUT2D eigenvalue weighted by Crippen LogP contribution is 2.21. The van der Waals surface area contributed by atoms with E-state index in [4.69, 9.17) is 15.9 Å². The Morgan fingerprint density at radius 3 is 2.72 bits per heavy atom. The van der Waals surface area contributed by atoms with E-state index >= 15 is 0 Å². The molecule has 3 N–H and O–H groups in total. The van der Waals surface area contributed by atoms with Gasteiger partial charge in [0.15, 0.2) is 11.6 Å². The average molecular weight is 246 g/mol. The van der Waals surface area contributed by atoms with E-state index in [0.29, 0.717) is 5.69 Å². The lowest BCUT2D eigenvalue weighted by Crippen LogP contribution is -2.14. The number of benzene rings is 1. The number of ether oxygens (including phenoxy) is 1. The smallest absolute Gasteiger partial charge is 0.322 e. The first-order chi connectivity index (χ1) is 8.56. The number of nitrogens with one attached hydrogen (secondary N) is 1. The van der Waals surface area contributed by atoms with Crippen LogP contribution in [0.25, 0.3) is 0 Å². The van der Waals surface area contributed by atoms with E-state index in [2.05, 4.69) is 9.97 Å². The zero-order valence-electron chi connectivity index (χ0n) is 9.64. The van der Waals surface area contributed by atoms with Crippen LogP contribution in [0, 0.1) is 18.2 Å². The predicted octanol–water partition coefficient (Wildman–Crippen LogP) is 2.00. The van der Waals surface area contributed by atoms with Crippen molar-refractivity contribution in [1.29, 1.82) is 5.41 Å². The van der Waals surface area contributed by atoms with Crippen LogP contribution in [0.15, 0.2) is 30.3 Å². The van der Waals surface area contributed by atoms with Gasteiger partial charge < -0.3 is 10.5 Å². The van der Waals surface area contributed by atoms with Crippen LogP contribution in [-0.2, 0) is 0 Å². The van der Waals surface area contributed by atoms with Crippen molar-refractivity contribution in [3.05, 3.63) is 47.5 Å². The molecule has 0 radical (unpaired) electrons. The number of hydrogen-bond acceptors (Lipinski definition) is 4. The van der Waals surface area contributed by atoms with Gasteiger partial charge in [-0.3, -0.25) is 5.41 Å². The van der Waals surface area contributed by atoms with Gasteiger partial charge in [0.1, 0.15) is 11.5 Å². The normalized spacial score (nSPS) is 10.1. The summed E-state index contributed by atoms with van der Waals surface area (Å²) >= 11 is 0. The summed E-state index contributed by atoms with van der Waals surface area (Å²) in [6.07, 6.45) is 0. The van der Waals surface area contributed by atoms with E-state index in [1.807, 2.05) is 0 Å². The van der Waals surface area contributed by atoms with Gasteiger partial charge in [-0.15, -0.1) is 0 Å². The van der Waals surface area contributed by atoms with Crippen molar-refractivity contribution in [1.82, 2.24) is 9.97 Å². The lowest BCUT2D eigenvalue weighted by molar-refractivity contribution is 0.409. The quantitative estimate of drug-likeness (QED) is 0.640. The summed E-state index contributed by atoms with van der Waals surface area (Å²) in [7, 11) is 0. The van der Waals surface area contributed by atoms with Crippen molar-refractivity contribution >= 4 is 5.84 Å². The molecule has 0 bridgehead atoms. The van der Waals surface area contributed by atoms with Crippen LogP contribution in [0.4, 0.5) is 4.39 Å². The summed E-state index contributed by atoms with van der Waals surface area (Å²) in [6, 6.07) is 7.45. The number of aryl methyl sites for hydroxylation is 1. The van der Waals surface area contributed by atoms with E-state index in [9.17, 15) is 4.39 Å². The number of nitrogens with two attached hydrogens (primary N) is 1. The van der Waals surface area contributed by atoms with Crippen LogP contribution >= 0.6 is 0 Å². The van der Waals surface area contributed by atoms with E-state index < -0.39 is 5.82 Å². The molecular weight excluding hydrogens is 235 g/mol. The minimum absolute atomic E-state index is 0.0256. The second-order valence-electron chi connectivity index (χ2n) is 3.62. The van der Waals surface area contributed by atoms with Crippen LogP contribution < -0.4 is 10.5 Å². The Bertz CT molecular complexity index is 600. The van der Waals surface area contributed by atoms with Gasteiger partial charge in [0.25, 0.3) is 0 Å². The molecule has 0 fully saturated rings. The summed E-state index contributed by atoms with van der Waals surface area (Å²) in [5.74, 6) is -0.677. The largest absolute Gasteiger partial charge is 0.421 e. The number of aromatic nitrogens is 2. The first-order valence-corrected chi connectivity index (χ1v) is 5.19. The molecule has 92 valence electrons. The Labute approximate surface area is 103 Å². The molecule has 0 aliphatic heterocycles. The summed E-state index contributed by atoms with van der Waals surface area (Å²) in [5.41, 5.74) is 6.17. The Morgan fingerprint density at radius 1 is 1.33 bits per heavy atom. The zero-order chi connectivity index (χ0) is 13.1. The number of rotatable bonds is 3. The maximum absolute atomic E-state index is 13.4. The Balaban J connectivity index is 2.35. The van der Waals surface area contributed by atoms with Crippen molar-refractivity contribution in [3.63, 3.8) is 0 Å². The van der Waals surface area contributed by atoms with E-state index in [1.54, 1.807) is 25.1 Å². The van der Waals surface area contributed by atoms with Gasteiger partial charge in [-0.1, -0.05) is 12.1 Å². The Kier molecular flexibility index (Phi) is 3.18. The number of hydrogen-bond donors (Lipinski definition) is 2. The molecule has 18 heavy (non-hydrogen) atoms. The van der Waals surface area contributed by atoms with Crippen LogP contribution in [0.3, 0.4) is 0 Å². The molecule has 5 nitrogen and oxygen atoms in total. The minimum atomic E-state index is -0.507. The molecule has 0 saturated heterocycles. The van der Waals surface area contributed by atoms with Crippen LogP contribution in [0.5, 0.6) is 11.8 Å². The van der Waals surface area contributed by atoms with E-state index in [-0.39, 0.29) is 23.3 Å². The summed E-state index contributed by atoms with van der Waals surface area (Å²) in [4.78, 5) is 7.92. The van der Waals surface area contributed by atoms with Gasteiger partial charge in [-0.05, 0) is 25.1 Å². The van der Waals surface area contributed by atoms with Gasteiger partial charge in [0, 0.05) is 5.69 Å². The molecule has 0 saturated carbocycles.